The molecule has 0 saturated heterocycles. The van der Waals surface area contributed by atoms with Gasteiger partial charge in [-0.1, -0.05) is 64.7 Å². The van der Waals surface area contributed by atoms with Crippen molar-refractivity contribution in [3.05, 3.63) is 0 Å². The van der Waals surface area contributed by atoms with Crippen LogP contribution in [0.15, 0.2) is 0 Å². The zero-order valence-electron chi connectivity index (χ0n) is 12.2. The predicted octanol–water partition coefficient (Wildman–Crippen LogP) is 4.37. The average molecular weight is 328 g/mol. The number of amides is 1. The molecule has 7 heteroatoms. The lowest BCUT2D eigenvalue weighted by Gasteiger charge is -2.14. The van der Waals surface area contributed by atoms with Crippen molar-refractivity contribution in [3.8, 4) is 0 Å². The molecular weight excluding hydrogens is 302 g/mol. The van der Waals surface area contributed by atoms with Crippen molar-refractivity contribution < 1.29 is 18.3 Å². The Morgan fingerprint density at radius 3 is 1.70 bits per heavy atom. The van der Waals surface area contributed by atoms with Gasteiger partial charge in [-0.3, -0.25) is 0 Å². The number of nitrogens with zero attached hydrogens (tertiary/aromatic N) is 1. The zero-order chi connectivity index (χ0) is 15.4. The van der Waals surface area contributed by atoms with Gasteiger partial charge in [0.2, 0.25) is 0 Å². The van der Waals surface area contributed by atoms with Crippen LogP contribution in [0.2, 0.25) is 0 Å². The molecule has 0 aliphatic carbocycles. The Kier molecular flexibility index (Phi) is 10.9. The fraction of sp³-hybridized carbons (Fsp3) is 0.923. The minimum atomic E-state index is -4.17. The topological polar surface area (TPSA) is 74.7 Å². The maximum atomic E-state index is 11.0. The molecule has 0 aliphatic rings. The molecule has 0 bridgehead atoms. The predicted molar refractivity (Wildman–Crippen MR) is 81.3 cm³/mol. The summed E-state index contributed by atoms with van der Waals surface area (Å²) in [5.74, 6) is 0. The number of hydrogen-bond donors (Lipinski definition) is 1. The van der Waals surface area contributed by atoms with Gasteiger partial charge in [-0.05, 0) is 6.42 Å². The van der Waals surface area contributed by atoms with E-state index in [9.17, 15) is 13.2 Å². The molecule has 0 rings (SSSR count). The summed E-state index contributed by atoms with van der Waals surface area (Å²) in [6.45, 7) is 2.14. The van der Waals surface area contributed by atoms with Gasteiger partial charge >= 0.3 is 15.3 Å². The van der Waals surface area contributed by atoms with Crippen LogP contribution in [0.4, 0.5) is 4.79 Å². The van der Waals surface area contributed by atoms with Gasteiger partial charge in [-0.25, -0.2) is 4.79 Å². The lowest BCUT2D eigenvalue weighted by atomic mass is 10.1. The monoisotopic (exact) mass is 327 g/mol. The summed E-state index contributed by atoms with van der Waals surface area (Å²) < 4.78 is 22.2. The second-order valence-corrected chi connectivity index (χ2v) is 7.41. The molecule has 0 aliphatic heterocycles. The van der Waals surface area contributed by atoms with E-state index in [1.54, 1.807) is 0 Å². The standard InChI is InChI=1S/C13H26ClNO4S/c1-2-3-4-5-6-7-8-9-10-11-12-15(13(16)17)20(14,18)19/h2-12H2,1H3,(H,16,17). The molecule has 0 saturated carbocycles. The van der Waals surface area contributed by atoms with E-state index in [4.69, 9.17) is 15.8 Å². The number of unbranched alkanes of at least 4 members (excludes halogenated alkanes) is 9. The second kappa shape index (κ2) is 11.2. The molecule has 120 valence electrons. The van der Waals surface area contributed by atoms with Crippen molar-refractivity contribution in [1.82, 2.24) is 4.31 Å². The van der Waals surface area contributed by atoms with E-state index in [0.29, 0.717) is 10.7 Å². The Hall–Kier alpha value is -0.490. The van der Waals surface area contributed by atoms with Crippen LogP contribution < -0.4 is 0 Å². The highest BCUT2D eigenvalue weighted by atomic mass is 35.7. The Morgan fingerprint density at radius 2 is 1.35 bits per heavy atom. The Labute approximate surface area is 126 Å². The van der Waals surface area contributed by atoms with Gasteiger partial charge in [0.05, 0.1) is 0 Å². The molecule has 1 N–H and O–H groups in total. The quantitative estimate of drug-likeness (QED) is 0.426. The van der Waals surface area contributed by atoms with E-state index >= 15 is 0 Å². The van der Waals surface area contributed by atoms with Gasteiger partial charge in [-0.2, -0.15) is 12.7 Å². The largest absolute Gasteiger partial charge is 0.464 e. The summed E-state index contributed by atoms with van der Waals surface area (Å²) in [7, 11) is 0.866. The average Bonchev–Trinajstić information content (AvgIpc) is 2.34. The number of halogens is 1. The maximum Gasteiger partial charge on any atom is 0.422 e. The van der Waals surface area contributed by atoms with E-state index in [-0.39, 0.29) is 6.54 Å². The fourth-order valence-electron chi connectivity index (χ4n) is 2.04. The third-order valence-electron chi connectivity index (χ3n) is 3.19. The first-order valence-corrected chi connectivity index (χ1v) is 9.61. The summed E-state index contributed by atoms with van der Waals surface area (Å²) in [4.78, 5) is 10.7. The lowest BCUT2D eigenvalue weighted by Crippen LogP contribution is -2.33. The number of rotatable bonds is 12. The summed E-state index contributed by atoms with van der Waals surface area (Å²) in [6.07, 6.45) is 9.54. The van der Waals surface area contributed by atoms with E-state index < -0.39 is 15.3 Å². The van der Waals surface area contributed by atoms with Crippen LogP contribution in [0.25, 0.3) is 0 Å². The Morgan fingerprint density at radius 1 is 0.950 bits per heavy atom. The zero-order valence-corrected chi connectivity index (χ0v) is 13.8. The summed E-state index contributed by atoms with van der Waals surface area (Å²) >= 11 is 0. The van der Waals surface area contributed by atoms with Crippen molar-refractivity contribution in [2.24, 2.45) is 0 Å². The van der Waals surface area contributed by atoms with Gasteiger partial charge < -0.3 is 5.11 Å². The highest BCUT2D eigenvalue weighted by Gasteiger charge is 2.23. The van der Waals surface area contributed by atoms with Crippen LogP contribution >= 0.6 is 10.7 Å². The molecule has 0 heterocycles. The third-order valence-corrected chi connectivity index (χ3v) is 4.56. The summed E-state index contributed by atoms with van der Waals surface area (Å²) in [5, 5.41) is 8.71. The van der Waals surface area contributed by atoms with Crippen LogP contribution in [0.5, 0.6) is 0 Å². The lowest BCUT2D eigenvalue weighted by molar-refractivity contribution is 0.172. The van der Waals surface area contributed by atoms with Crippen molar-refractivity contribution in [3.63, 3.8) is 0 Å². The van der Waals surface area contributed by atoms with E-state index in [1.165, 1.54) is 38.5 Å². The number of carboxylic acid groups (broad SMARTS) is 1. The maximum absolute atomic E-state index is 11.0. The molecule has 0 fully saturated rings. The van der Waals surface area contributed by atoms with Crippen molar-refractivity contribution in [1.29, 1.82) is 0 Å². The molecule has 0 radical (unpaired) electrons. The molecule has 5 nitrogen and oxygen atoms in total. The molecule has 0 aromatic carbocycles. The molecule has 20 heavy (non-hydrogen) atoms. The number of hydrogen-bond acceptors (Lipinski definition) is 3. The van der Waals surface area contributed by atoms with Crippen LogP contribution in [0.3, 0.4) is 0 Å². The van der Waals surface area contributed by atoms with Gasteiger partial charge in [-0.15, -0.1) is 0 Å². The van der Waals surface area contributed by atoms with Gasteiger partial charge in [0.15, 0.2) is 0 Å². The first-order chi connectivity index (χ1) is 9.39. The molecule has 0 unspecified atom stereocenters. The van der Waals surface area contributed by atoms with Gasteiger partial charge in [0.25, 0.3) is 0 Å². The smallest absolute Gasteiger partial charge is 0.422 e. The fourth-order valence-corrected chi connectivity index (χ4v) is 2.96. The van der Waals surface area contributed by atoms with E-state index in [2.05, 4.69) is 6.92 Å². The normalized spacial score (nSPS) is 11.5. The molecule has 0 atom stereocenters. The van der Waals surface area contributed by atoms with Gasteiger partial charge in [0.1, 0.15) is 0 Å². The van der Waals surface area contributed by atoms with Gasteiger partial charge in [0, 0.05) is 17.2 Å². The Bertz CT molecular complexity index is 359. The Balaban J connectivity index is 3.54. The van der Waals surface area contributed by atoms with Crippen LogP contribution in [-0.4, -0.2) is 30.5 Å². The molecule has 0 spiro atoms. The van der Waals surface area contributed by atoms with Crippen molar-refractivity contribution >= 4 is 26.0 Å². The van der Waals surface area contributed by atoms with E-state index in [1.807, 2.05) is 0 Å². The highest BCUT2D eigenvalue weighted by molar-refractivity contribution is 8.12. The second-order valence-electron chi connectivity index (χ2n) is 4.98. The molecular formula is C13H26ClNO4S. The van der Waals surface area contributed by atoms with E-state index in [0.717, 1.165) is 19.3 Å². The highest BCUT2D eigenvalue weighted by Crippen LogP contribution is 2.12. The first kappa shape index (κ1) is 19.5. The van der Waals surface area contributed by atoms with Crippen LogP contribution in [-0.2, 0) is 9.24 Å². The van der Waals surface area contributed by atoms with Crippen molar-refractivity contribution in [2.75, 3.05) is 6.54 Å². The van der Waals surface area contributed by atoms with Crippen molar-refractivity contribution in [2.45, 2.75) is 71.1 Å². The summed E-state index contributed by atoms with van der Waals surface area (Å²) in [6, 6.07) is 0. The summed E-state index contributed by atoms with van der Waals surface area (Å²) in [5.41, 5.74) is 0. The SMILES string of the molecule is CCCCCCCCCCCCN(C(=O)O)S(=O)(=O)Cl. The van der Waals surface area contributed by atoms with Crippen LogP contribution in [0.1, 0.15) is 71.1 Å². The molecule has 0 aromatic rings. The first-order valence-electron chi connectivity index (χ1n) is 7.34. The molecule has 0 aromatic heterocycles. The van der Waals surface area contributed by atoms with Crippen LogP contribution in [0, 0.1) is 0 Å². The number of carbonyl (C=O) groups is 1. The third kappa shape index (κ3) is 10.3. The minimum Gasteiger partial charge on any atom is -0.464 e. The molecule has 1 amide bonds. The minimum absolute atomic E-state index is 0.0579.